The second-order valence-corrected chi connectivity index (χ2v) is 18.3. The molecule has 2 saturated carbocycles. The number of carbonyl (C=O) groups excluding carboxylic acids is 3. The van der Waals surface area contributed by atoms with Crippen LogP contribution in [0.25, 0.3) is 10.8 Å². The maximum absolute atomic E-state index is 15.0. The van der Waals surface area contributed by atoms with Crippen molar-refractivity contribution < 1.29 is 42.2 Å². The number of aromatic nitrogens is 2. The van der Waals surface area contributed by atoms with Crippen LogP contribution in [0.5, 0.6) is 11.8 Å². The maximum Gasteiger partial charge on any atom is 0.408 e. The number of carboxylic acid groups (broad SMARTS) is 1. The number of amides is 4. The van der Waals surface area contributed by atoms with Crippen LogP contribution in [0.2, 0.25) is 0 Å². The number of fused-ring (bicyclic) bond motifs is 3. The topological polar surface area (TPSA) is 197 Å². The van der Waals surface area contributed by atoms with Gasteiger partial charge in [-0.15, -0.1) is 10.2 Å². The molecule has 15 nitrogen and oxygen atoms in total. The second kappa shape index (κ2) is 15.0. The normalized spacial score (nSPS) is 29.9. The SMILES string of the molecule is CCOc1nnc(O[C@@H]2C[C@H]3C(=O)N[C@]4(C(=O)NS(=O)(=O)C5CC5)C[C@H]4/C=C\CC[C@@H](C)C[C@@H](C)[C@H](N(C(=O)O)C(C)(C)C)C(=O)N3C2)c2ccccc12. The van der Waals surface area contributed by atoms with E-state index in [0.717, 1.165) is 6.42 Å². The molecule has 6 rings (SSSR count). The molecule has 1 aromatic carbocycles. The molecule has 2 aromatic rings. The van der Waals surface area contributed by atoms with Crippen LogP contribution in [-0.2, 0) is 24.4 Å². The van der Waals surface area contributed by atoms with E-state index in [1.807, 2.05) is 44.2 Å². The lowest BCUT2D eigenvalue weighted by Crippen LogP contribution is -2.62. The van der Waals surface area contributed by atoms with Crippen LogP contribution in [0, 0.1) is 17.8 Å². The molecular formula is C38H52N6O9S. The quantitative estimate of drug-likeness (QED) is 0.328. The van der Waals surface area contributed by atoms with E-state index in [9.17, 15) is 32.7 Å². The Labute approximate surface area is 316 Å². The van der Waals surface area contributed by atoms with Gasteiger partial charge in [-0.25, -0.2) is 13.2 Å². The third-order valence-electron chi connectivity index (χ3n) is 11.0. The van der Waals surface area contributed by atoms with Crippen molar-refractivity contribution >= 4 is 44.6 Å². The van der Waals surface area contributed by atoms with E-state index in [4.69, 9.17) is 9.47 Å². The molecule has 0 bridgehead atoms. The molecule has 54 heavy (non-hydrogen) atoms. The molecule has 2 aliphatic carbocycles. The molecule has 1 aromatic heterocycles. The summed E-state index contributed by atoms with van der Waals surface area (Å²) in [6, 6.07) is 4.94. The Bertz CT molecular complexity index is 1930. The third-order valence-corrected chi connectivity index (χ3v) is 12.8. The van der Waals surface area contributed by atoms with Gasteiger partial charge in [0, 0.05) is 17.9 Å². The number of carbonyl (C=O) groups is 4. The van der Waals surface area contributed by atoms with Crippen LogP contribution >= 0.6 is 0 Å². The summed E-state index contributed by atoms with van der Waals surface area (Å²) in [5.41, 5.74) is -2.52. The van der Waals surface area contributed by atoms with E-state index in [1.165, 1.54) is 9.80 Å². The number of benzene rings is 1. The molecule has 0 spiro atoms. The average molecular weight is 769 g/mol. The molecule has 0 unspecified atom stereocenters. The highest BCUT2D eigenvalue weighted by atomic mass is 32.2. The number of hydrogen-bond acceptors (Lipinski definition) is 10. The standard InChI is InChI=1S/C38H52N6O9S/c1-7-52-32-27-14-10-11-15-28(27)33(41-40-32)53-25-19-29-31(45)39-38(35(47)42-54(50,51)26-16-17-26)20-24(38)13-9-8-12-22(2)18-23(3)30(34(46)43(29)21-25)44(36(48)49)37(4,5)6/h9-11,13-15,22-26,29-30H,7-8,12,16-21H2,1-6H3,(H,39,45)(H,42,47)(H,48,49)/b13-9-/t22-,23-,24-,25-,29+,30+,38-/m1/s1. The molecule has 0 radical (unpaired) electrons. The first kappa shape index (κ1) is 39.2. The predicted molar refractivity (Wildman–Crippen MR) is 199 cm³/mol. The molecule has 3 fully saturated rings. The van der Waals surface area contributed by atoms with Gasteiger partial charge in [-0.2, -0.15) is 0 Å². The Morgan fingerprint density at radius 2 is 1.74 bits per heavy atom. The van der Waals surface area contributed by atoms with E-state index in [-0.39, 0.29) is 31.2 Å². The fraction of sp³-hybridized carbons (Fsp3) is 0.632. The number of hydrogen-bond donors (Lipinski definition) is 3. The summed E-state index contributed by atoms with van der Waals surface area (Å²) in [5.74, 6) is -2.33. The van der Waals surface area contributed by atoms with Crippen LogP contribution in [0.1, 0.15) is 86.5 Å². The van der Waals surface area contributed by atoms with E-state index in [0.29, 0.717) is 48.9 Å². The van der Waals surface area contributed by atoms with Crippen molar-refractivity contribution in [2.45, 2.75) is 121 Å². The van der Waals surface area contributed by atoms with Gasteiger partial charge in [0.2, 0.25) is 33.6 Å². The lowest BCUT2D eigenvalue weighted by Gasteiger charge is -2.43. The van der Waals surface area contributed by atoms with Gasteiger partial charge in [-0.05, 0) is 90.2 Å². The minimum absolute atomic E-state index is 0.0144. The summed E-state index contributed by atoms with van der Waals surface area (Å²) in [6.07, 6.45) is 4.75. The van der Waals surface area contributed by atoms with Crippen LogP contribution in [0.15, 0.2) is 36.4 Å². The Balaban J connectivity index is 1.39. The lowest BCUT2D eigenvalue weighted by atomic mass is 9.85. The maximum atomic E-state index is 15.0. The van der Waals surface area contributed by atoms with Gasteiger partial charge < -0.3 is 24.8 Å². The van der Waals surface area contributed by atoms with Crippen LogP contribution < -0.4 is 19.5 Å². The first-order chi connectivity index (χ1) is 25.5. The molecular weight excluding hydrogens is 717 g/mol. The first-order valence-electron chi connectivity index (χ1n) is 18.9. The van der Waals surface area contributed by atoms with Crippen molar-refractivity contribution in [1.82, 2.24) is 30.0 Å². The first-order valence-corrected chi connectivity index (χ1v) is 20.4. The number of rotatable bonds is 8. The summed E-state index contributed by atoms with van der Waals surface area (Å²) in [5, 5.41) is 22.6. The van der Waals surface area contributed by atoms with Gasteiger partial charge in [-0.1, -0.05) is 38.1 Å². The van der Waals surface area contributed by atoms with Gasteiger partial charge in [0.05, 0.1) is 29.2 Å². The van der Waals surface area contributed by atoms with Crippen molar-refractivity contribution in [2.24, 2.45) is 17.8 Å². The highest BCUT2D eigenvalue weighted by molar-refractivity contribution is 7.91. The second-order valence-electron chi connectivity index (χ2n) is 16.3. The predicted octanol–water partition coefficient (Wildman–Crippen LogP) is 4.02. The molecule has 3 heterocycles. The highest BCUT2D eigenvalue weighted by Gasteiger charge is 2.62. The van der Waals surface area contributed by atoms with E-state index >= 15 is 0 Å². The van der Waals surface area contributed by atoms with Crippen LogP contribution in [0.4, 0.5) is 4.79 Å². The molecule has 4 amide bonds. The Morgan fingerprint density at radius 1 is 1.07 bits per heavy atom. The fourth-order valence-electron chi connectivity index (χ4n) is 8.01. The van der Waals surface area contributed by atoms with Crippen molar-refractivity contribution in [3.05, 3.63) is 36.4 Å². The van der Waals surface area contributed by atoms with Crippen molar-refractivity contribution in [3.63, 3.8) is 0 Å². The Kier molecular flexibility index (Phi) is 10.9. The molecule has 16 heteroatoms. The molecule has 4 aliphatic rings. The van der Waals surface area contributed by atoms with Gasteiger partial charge in [-0.3, -0.25) is 24.0 Å². The number of sulfonamides is 1. The van der Waals surface area contributed by atoms with Crippen LogP contribution in [0.3, 0.4) is 0 Å². The van der Waals surface area contributed by atoms with Gasteiger partial charge in [0.25, 0.3) is 5.91 Å². The minimum atomic E-state index is -3.92. The zero-order valence-electron chi connectivity index (χ0n) is 31.8. The zero-order valence-corrected chi connectivity index (χ0v) is 32.6. The van der Waals surface area contributed by atoms with E-state index in [2.05, 4.69) is 27.2 Å². The van der Waals surface area contributed by atoms with E-state index < -0.39 is 80.2 Å². The monoisotopic (exact) mass is 768 g/mol. The van der Waals surface area contributed by atoms with Crippen molar-refractivity contribution in [2.75, 3.05) is 13.2 Å². The van der Waals surface area contributed by atoms with Crippen molar-refractivity contribution in [3.8, 4) is 11.8 Å². The number of nitrogens with zero attached hydrogens (tertiary/aromatic N) is 4. The van der Waals surface area contributed by atoms with E-state index in [1.54, 1.807) is 26.8 Å². The van der Waals surface area contributed by atoms with Gasteiger partial charge in [0.15, 0.2) is 0 Å². The van der Waals surface area contributed by atoms with Gasteiger partial charge >= 0.3 is 6.09 Å². The number of allylic oxidation sites excluding steroid dienone is 1. The lowest BCUT2D eigenvalue weighted by molar-refractivity contribution is -0.146. The number of ether oxygens (including phenoxy) is 2. The molecule has 294 valence electrons. The molecule has 1 saturated heterocycles. The number of nitrogens with one attached hydrogen (secondary N) is 2. The van der Waals surface area contributed by atoms with Crippen LogP contribution in [-0.4, -0.2) is 105 Å². The summed E-state index contributed by atoms with van der Waals surface area (Å²) >= 11 is 0. The molecule has 7 atom stereocenters. The summed E-state index contributed by atoms with van der Waals surface area (Å²) in [7, 11) is -3.92. The smallest absolute Gasteiger partial charge is 0.408 e. The fourth-order valence-corrected chi connectivity index (χ4v) is 9.37. The third kappa shape index (κ3) is 7.98. The molecule has 3 N–H and O–H groups in total. The van der Waals surface area contributed by atoms with Crippen molar-refractivity contribution in [1.29, 1.82) is 0 Å². The average Bonchev–Trinajstić information content (AvgIpc) is 4.02. The zero-order chi connectivity index (χ0) is 39.2. The summed E-state index contributed by atoms with van der Waals surface area (Å²) < 4.78 is 40.1. The minimum Gasteiger partial charge on any atom is -0.476 e. The summed E-state index contributed by atoms with van der Waals surface area (Å²) in [6.45, 7) is 11.2. The Morgan fingerprint density at radius 3 is 2.37 bits per heavy atom. The Hall–Kier alpha value is -4.47. The highest BCUT2D eigenvalue weighted by Crippen LogP contribution is 2.46. The van der Waals surface area contributed by atoms with Gasteiger partial charge in [0.1, 0.15) is 23.7 Å². The largest absolute Gasteiger partial charge is 0.476 e. The molecule has 2 aliphatic heterocycles. The summed E-state index contributed by atoms with van der Waals surface area (Å²) in [4.78, 5) is 58.8.